The largest absolute Gasteiger partial charge is 0.298 e. The van der Waals surface area contributed by atoms with Gasteiger partial charge in [0.05, 0.1) is 15.5 Å². The Labute approximate surface area is 222 Å². The van der Waals surface area contributed by atoms with Crippen molar-refractivity contribution in [3.8, 4) is 21.7 Å². The molecule has 8 heteroatoms. The molecule has 1 aliphatic heterocycles. The molecule has 0 unspecified atom stereocenters. The summed E-state index contributed by atoms with van der Waals surface area (Å²) in [4.78, 5) is 19.0. The van der Waals surface area contributed by atoms with Crippen LogP contribution in [-0.2, 0) is 10.0 Å². The van der Waals surface area contributed by atoms with Crippen molar-refractivity contribution in [2.24, 2.45) is 11.8 Å². The number of rotatable bonds is 6. The molecule has 1 aromatic heterocycles. The molecule has 4 aromatic rings. The molecule has 190 valence electrons. The van der Waals surface area contributed by atoms with Gasteiger partial charge in [0, 0.05) is 24.2 Å². The molecule has 1 aliphatic rings. The van der Waals surface area contributed by atoms with E-state index >= 15 is 0 Å². The smallest absolute Gasteiger partial charge is 0.257 e. The number of sulfonamides is 1. The van der Waals surface area contributed by atoms with Crippen molar-refractivity contribution >= 4 is 32.4 Å². The second kappa shape index (κ2) is 10.6. The van der Waals surface area contributed by atoms with Crippen molar-refractivity contribution < 1.29 is 13.2 Å². The van der Waals surface area contributed by atoms with Crippen LogP contribution in [-0.4, -0.2) is 36.7 Å². The third-order valence-corrected chi connectivity index (χ3v) is 9.39. The second-order valence-electron chi connectivity index (χ2n) is 9.68. The van der Waals surface area contributed by atoms with Gasteiger partial charge in [0.15, 0.2) is 5.13 Å². The summed E-state index contributed by atoms with van der Waals surface area (Å²) in [6, 6.07) is 26.0. The minimum absolute atomic E-state index is 0.206. The number of carbonyl (C=O) groups excluding carboxylic acids is 1. The third-order valence-electron chi connectivity index (χ3n) is 6.52. The Kier molecular flexibility index (Phi) is 7.24. The van der Waals surface area contributed by atoms with Crippen LogP contribution in [0.5, 0.6) is 0 Å². The average Bonchev–Trinajstić information content (AvgIpc) is 3.33. The highest BCUT2D eigenvalue weighted by Crippen LogP contribution is 2.39. The summed E-state index contributed by atoms with van der Waals surface area (Å²) in [5.74, 6) is 0.309. The molecular weight excluding hydrogens is 502 g/mol. The molecule has 2 heterocycles. The van der Waals surface area contributed by atoms with Crippen LogP contribution in [0.4, 0.5) is 5.13 Å². The van der Waals surface area contributed by atoms with E-state index in [1.807, 2.05) is 60.7 Å². The lowest BCUT2D eigenvalue weighted by Gasteiger charge is -2.34. The molecule has 3 aromatic carbocycles. The number of thiazole rings is 1. The minimum atomic E-state index is -3.60. The van der Waals surface area contributed by atoms with Crippen molar-refractivity contribution in [2.45, 2.75) is 25.2 Å². The van der Waals surface area contributed by atoms with Gasteiger partial charge in [-0.2, -0.15) is 4.31 Å². The van der Waals surface area contributed by atoms with Gasteiger partial charge in [-0.3, -0.25) is 10.1 Å². The quantitative estimate of drug-likeness (QED) is 0.312. The van der Waals surface area contributed by atoms with Gasteiger partial charge >= 0.3 is 0 Å². The number of carbonyl (C=O) groups is 1. The lowest BCUT2D eigenvalue weighted by molar-refractivity contribution is 0.102. The van der Waals surface area contributed by atoms with Gasteiger partial charge in [-0.1, -0.05) is 85.8 Å². The van der Waals surface area contributed by atoms with E-state index in [2.05, 4.69) is 19.2 Å². The van der Waals surface area contributed by atoms with Crippen LogP contribution in [0, 0.1) is 11.8 Å². The Morgan fingerprint density at radius 1 is 0.865 bits per heavy atom. The summed E-state index contributed by atoms with van der Waals surface area (Å²) in [5.41, 5.74) is 3.17. The normalized spacial score (nSPS) is 18.4. The summed E-state index contributed by atoms with van der Waals surface area (Å²) < 4.78 is 27.9. The number of aromatic nitrogens is 1. The van der Waals surface area contributed by atoms with Crippen molar-refractivity contribution in [1.29, 1.82) is 0 Å². The number of nitrogens with zero attached hydrogens (tertiary/aromatic N) is 2. The number of piperidine rings is 1. The highest BCUT2D eigenvalue weighted by atomic mass is 32.2. The zero-order valence-corrected chi connectivity index (χ0v) is 22.4. The lowest BCUT2D eigenvalue weighted by atomic mass is 9.94. The number of hydrogen-bond donors (Lipinski definition) is 1. The molecule has 0 radical (unpaired) electrons. The van der Waals surface area contributed by atoms with E-state index in [0.717, 1.165) is 28.1 Å². The molecule has 0 spiro atoms. The summed E-state index contributed by atoms with van der Waals surface area (Å²) >= 11 is 1.41. The Hall–Kier alpha value is -3.33. The molecule has 5 rings (SSSR count). The van der Waals surface area contributed by atoms with Crippen LogP contribution < -0.4 is 5.32 Å². The van der Waals surface area contributed by atoms with E-state index in [9.17, 15) is 13.2 Å². The van der Waals surface area contributed by atoms with Crippen LogP contribution in [0.25, 0.3) is 21.7 Å². The molecule has 1 N–H and O–H groups in total. The van der Waals surface area contributed by atoms with Crippen LogP contribution in [0.3, 0.4) is 0 Å². The summed E-state index contributed by atoms with van der Waals surface area (Å²) in [5, 5.41) is 3.38. The SMILES string of the molecule is C[C@@H]1C[C@H](C)CN(S(=O)(=O)c2ccc(C(=O)Nc3nc(-c4ccccc4)c(-c4ccccc4)s3)cc2)C1. The van der Waals surface area contributed by atoms with Crippen molar-refractivity contribution in [1.82, 2.24) is 9.29 Å². The number of nitrogens with one attached hydrogen (secondary N) is 1. The van der Waals surface area contributed by atoms with Gasteiger partial charge < -0.3 is 0 Å². The van der Waals surface area contributed by atoms with Gasteiger partial charge in [0.1, 0.15) is 0 Å². The van der Waals surface area contributed by atoms with Crippen LogP contribution in [0.15, 0.2) is 89.8 Å². The van der Waals surface area contributed by atoms with Gasteiger partial charge in [-0.25, -0.2) is 13.4 Å². The van der Waals surface area contributed by atoms with Crippen LogP contribution >= 0.6 is 11.3 Å². The zero-order valence-electron chi connectivity index (χ0n) is 20.8. The van der Waals surface area contributed by atoms with Gasteiger partial charge in [0.2, 0.25) is 10.0 Å². The molecule has 0 bridgehead atoms. The van der Waals surface area contributed by atoms with E-state index in [-0.39, 0.29) is 10.8 Å². The van der Waals surface area contributed by atoms with Crippen molar-refractivity contribution in [3.63, 3.8) is 0 Å². The summed E-state index contributed by atoms with van der Waals surface area (Å²) in [7, 11) is -3.60. The molecule has 37 heavy (non-hydrogen) atoms. The van der Waals surface area contributed by atoms with Gasteiger partial charge in [-0.05, 0) is 48.1 Å². The van der Waals surface area contributed by atoms with Gasteiger partial charge in [0.25, 0.3) is 5.91 Å². The highest BCUT2D eigenvalue weighted by Gasteiger charge is 2.31. The topological polar surface area (TPSA) is 79.4 Å². The zero-order chi connectivity index (χ0) is 26.0. The number of benzene rings is 3. The molecule has 0 saturated carbocycles. The Balaban J connectivity index is 1.37. The highest BCUT2D eigenvalue weighted by molar-refractivity contribution is 7.89. The van der Waals surface area contributed by atoms with Crippen LogP contribution in [0.2, 0.25) is 0 Å². The molecule has 1 saturated heterocycles. The predicted molar refractivity (Wildman–Crippen MR) is 149 cm³/mol. The average molecular weight is 532 g/mol. The maximum absolute atomic E-state index is 13.2. The minimum Gasteiger partial charge on any atom is -0.298 e. The number of amides is 1. The number of hydrogen-bond acceptors (Lipinski definition) is 5. The third kappa shape index (κ3) is 5.51. The monoisotopic (exact) mass is 531 g/mol. The molecule has 0 aliphatic carbocycles. The maximum atomic E-state index is 13.2. The first-order valence-corrected chi connectivity index (χ1v) is 14.6. The molecule has 1 fully saturated rings. The fraction of sp³-hybridized carbons (Fsp3) is 0.241. The Morgan fingerprint density at radius 2 is 1.43 bits per heavy atom. The fourth-order valence-electron chi connectivity index (χ4n) is 4.85. The molecular formula is C29H29N3O3S2. The Morgan fingerprint density at radius 3 is 2.03 bits per heavy atom. The predicted octanol–water partition coefficient (Wildman–Crippen LogP) is 6.40. The van der Waals surface area contributed by atoms with Crippen LogP contribution in [0.1, 0.15) is 30.6 Å². The number of anilines is 1. The first-order valence-electron chi connectivity index (χ1n) is 12.3. The maximum Gasteiger partial charge on any atom is 0.257 e. The first-order chi connectivity index (χ1) is 17.8. The van der Waals surface area contributed by atoms with Crippen molar-refractivity contribution in [2.75, 3.05) is 18.4 Å². The van der Waals surface area contributed by atoms with E-state index in [1.165, 1.54) is 23.5 Å². The van der Waals surface area contributed by atoms with E-state index in [4.69, 9.17) is 4.98 Å². The van der Waals surface area contributed by atoms with Gasteiger partial charge in [-0.15, -0.1) is 0 Å². The van der Waals surface area contributed by atoms with E-state index in [0.29, 0.717) is 35.6 Å². The lowest BCUT2D eigenvalue weighted by Crippen LogP contribution is -2.42. The molecule has 2 atom stereocenters. The fourth-order valence-corrected chi connectivity index (χ4v) is 7.52. The van der Waals surface area contributed by atoms with E-state index in [1.54, 1.807) is 16.4 Å². The summed E-state index contributed by atoms with van der Waals surface area (Å²) in [6.45, 7) is 5.20. The standard InChI is InChI=1S/C29H29N3O3S2/c1-20-17-21(2)19-32(18-20)37(34,35)25-15-13-24(14-16-25)28(33)31-29-30-26(22-9-5-3-6-10-22)27(36-29)23-11-7-4-8-12-23/h3-16,20-21H,17-19H2,1-2H3,(H,30,31,33)/t20-,21+. The molecule has 6 nitrogen and oxygen atoms in total. The first kappa shape index (κ1) is 25.3. The van der Waals surface area contributed by atoms with E-state index < -0.39 is 10.0 Å². The van der Waals surface area contributed by atoms with Crippen molar-refractivity contribution in [3.05, 3.63) is 90.5 Å². The second-order valence-corrected chi connectivity index (χ2v) is 12.6. The Bertz CT molecular complexity index is 1420. The molecule has 1 amide bonds. The summed E-state index contributed by atoms with van der Waals surface area (Å²) in [6.07, 6.45) is 1.03.